The predicted octanol–water partition coefficient (Wildman–Crippen LogP) is 6.11. The van der Waals surface area contributed by atoms with Gasteiger partial charge in [0.15, 0.2) is 0 Å². The summed E-state index contributed by atoms with van der Waals surface area (Å²) < 4.78 is 0. The fourth-order valence-corrected chi connectivity index (χ4v) is 6.40. The number of fused-ring (bicyclic) bond motifs is 3. The van der Waals surface area contributed by atoms with E-state index in [2.05, 4.69) is 89.1 Å². The first kappa shape index (κ1) is 21.2. The minimum absolute atomic E-state index is 0.0430. The van der Waals surface area contributed by atoms with E-state index in [0.29, 0.717) is 6.54 Å². The third-order valence-electron chi connectivity index (χ3n) is 8.04. The standard InChI is InChI=1S/C31H32N2O/c34-30-28-29(26-17-9-8-16-25(26)21-31(28)18-10-3-11-19-31)32-27(20-23-12-4-1-5-13-23)33(30)22-24-14-6-2-7-15-24/h1-2,4-9,12-17,27,32H,3,10-11,18-22H2. The van der Waals surface area contributed by atoms with Gasteiger partial charge in [0, 0.05) is 29.5 Å². The van der Waals surface area contributed by atoms with Crippen LogP contribution < -0.4 is 5.32 Å². The van der Waals surface area contributed by atoms with Crippen molar-refractivity contribution in [3.05, 3.63) is 113 Å². The Morgan fingerprint density at radius 3 is 2.18 bits per heavy atom. The number of amides is 1. The molecule has 3 aromatic carbocycles. The highest BCUT2D eigenvalue weighted by molar-refractivity contribution is 6.05. The van der Waals surface area contributed by atoms with Gasteiger partial charge in [0.2, 0.25) is 0 Å². The van der Waals surface area contributed by atoms with Crippen LogP contribution in [0.2, 0.25) is 0 Å². The predicted molar refractivity (Wildman–Crippen MR) is 137 cm³/mol. The third kappa shape index (κ3) is 3.73. The number of rotatable bonds is 4. The van der Waals surface area contributed by atoms with Crippen molar-refractivity contribution in [2.24, 2.45) is 5.41 Å². The van der Waals surface area contributed by atoms with Gasteiger partial charge < -0.3 is 10.2 Å². The molecule has 1 atom stereocenters. The summed E-state index contributed by atoms with van der Waals surface area (Å²) in [4.78, 5) is 16.6. The highest BCUT2D eigenvalue weighted by Crippen LogP contribution is 2.52. The van der Waals surface area contributed by atoms with Gasteiger partial charge in [-0.2, -0.15) is 0 Å². The lowest BCUT2D eigenvalue weighted by atomic mass is 9.61. The second-order valence-corrected chi connectivity index (χ2v) is 10.2. The molecule has 0 radical (unpaired) electrons. The van der Waals surface area contributed by atoms with Crippen molar-refractivity contribution in [3.8, 4) is 0 Å². The van der Waals surface area contributed by atoms with E-state index in [9.17, 15) is 4.79 Å². The Bertz CT molecular complexity index is 1210. The maximum absolute atomic E-state index is 14.5. The van der Waals surface area contributed by atoms with Gasteiger partial charge in [-0.15, -0.1) is 0 Å². The number of nitrogens with zero attached hydrogens (tertiary/aromatic N) is 1. The van der Waals surface area contributed by atoms with Gasteiger partial charge in [0.25, 0.3) is 5.91 Å². The molecule has 3 aromatic rings. The molecule has 6 rings (SSSR count). The maximum Gasteiger partial charge on any atom is 0.254 e. The van der Waals surface area contributed by atoms with Gasteiger partial charge in [-0.05, 0) is 36.0 Å². The first-order chi connectivity index (χ1) is 16.7. The molecular formula is C31H32N2O. The third-order valence-corrected chi connectivity index (χ3v) is 8.04. The number of carbonyl (C=O) groups excluding carboxylic acids is 1. The van der Waals surface area contributed by atoms with E-state index < -0.39 is 0 Å². The molecule has 1 amide bonds. The fourth-order valence-electron chi connectivity index (χ4n) is 6.40. The lowest BCUT2D eigenvalue weighted by Crippen LogP contribution is -2.57. The van der Waals surface area contributed by atoms with Crippen LogP contribution in [0, 0.1) is 5.41 Å². The van der Waals surface area contributed by atoms with E-state index in [1.807, 2.05) is 6.07 Å². The van der Waals surface area contributed by atoms with E-state index in [1.54, 1.807) is 0 Å². The van der Waals surface area contributed by atoms with Crippen LogP contribution in [-0.2, 0) is 24.2 Å². The Labute approximate surface area is 202 Å². The molecule has 0 aromatic heterocycles. The molecule has 172 valence electrons. The normalized spacial score (nSPS) is 21.1. The molecule has 1 unspecified atom stereocenters. The molecule has 1 N–H and O–H groups in total. The quantitative estimate of drug-likeness (QED) is 0.523. The minimum atomic E-state index is -0.0827. The summed E-state index contributed by atoms with van der Waals surface area (Å²) in [7, 11) is 0. The van der Waals surface area contributed by atoms with E-state index in [0.717, 1.165) is 37.0 Å². The summed E-state index contributed by atoms with van der Waals surface area (Å²) in [6.07, 6.45) is 7.59. The average molecular weight is 449 g/mol. The SMILES string of the molecule is O=C1C2=C(NC(Cc3ccccc3)N1Cc1ccccc1)c1ccccc1CC21CCCCC1. The Morgan fingerprint density at radius 1 is 0.794 bits per heavy atom. The molecule has 1 spiro atoms. The summed E-state index contributed by atoms with van der Waals surface area (Å²) in [6, 6.07) is 29.7. The van der Waals surface area contributed by atoms with Crippen molar-refractivity contribution in [3.63, 3.8) is 0 Å². The molecule has 1 saturated carbocycles. The highest BCUT2D eigenvalue weighted by Gasteiger charge is 2.49. The zero-order valence-electron chi connectivity index (χ0n) is 19.7. The van der Waals surface area contributed by atoms with Gasteiger partial charge in [-0.3, -0.25) is 4.79 Å². The van der Waals surface area contributed by atoms with Gasteiger partial charge in [-0.1, -0.05) is 104 Å². The first-order valence-electron chi connectivity index (χ1n) is 12.7. The topological polar surface area (TPSA) is 32.3 Å². The van der Waals surface area contributed by atoms with Crippen LogP contribution in [0.4, 0.5) is 0 Å². The summed E-state index contributed by atoms with van der Waals surface area (Å²) in [5.74, 6) is 0.231. The van der Waals surface area contributed by atoms with Crippen molar-refractivity contribution in [1.82, 2.24) is 10.2 Å². The molecule has 2 aliphatic carbocycles. The van der Waals surface area contributed by atoms with Crippen molar-refractivity contribution < 1.29 is 4.79 Å². The lowest BCUT2D eigenvalue weighted by molar-refractivity contribution is -0.133. The van der Waals surface area contributed by atoms with Crippen LogP contribution in [0.1, 0.15) is 54.4 Å². The molecule has 3 aliphatic rings. The average Bonchev–Trinajstić information content (AvgIpc) is 2.88. The van der Waals surface area contributed by atoms with Crippen LogP contribution in [0.5, 0.6) is 0 Å². The van der Waals surface area contributed by atoms with Crippen molar-refractivity contribution in [1.29, 1.82) is 0 Å². The monoisotopic (exact) mass is 448 g/mol. The highest BCUT2D eigenvalue weighted by atomic mass is 16.2. The van der Waals surface area contributed by atoms with Crippen LogP contribution >= 0.6 is 0 Å². The molecule has 1 heterocycles. The Kier molecular flexibility index (Phi) is 5.49. The number of benzene rings is 3. The number of hydrogen-bond acceptors (Lipinski definition) is 2. The summed E-state index contributed by atoms with van der Waals surface area (Å²) >= 11 is 0. The molecule has 1 fully saturated rings. The summed E-state index contributed by atoms with van der Waals surface area (Å²) in [6.45, 7) is 0.624. The smallest absolute Gasteiger partial charge is 0.254 e. The maximum atomic E-state index is 14.5. The summed E-state index contributed by atoms with van der Waals surface area (Å²) in [5.41, 5.74) is 7.13. The van der Waals surface area contributed by atoms with Gasteiger partial charge in [0.05, 0.1) is 5.70 Å². The van der Waals surface area contributed by atoms with Crippen LogP contribution in [0.25, 0.3) is 5.70 Å². The minimum Gasteiger partial charge on any atom is -0.364 e. The molecular weight excluding hydrogens is 416 g/mol. The Balaban J connectivity index is 1.47. The molecule has 0 saturated heterocycles. The lowest BCUT2D eigenvalue weighted by Gasteiger charge is -2.49. The van der Waals surface area contributed by atoms with E-state index in [-0.39, 0.29) is 17.5 Å². The van der Waals surface area contributed by atoms with Crippen LogP contribution in [0.15, 0.2) is 90.5 Å². The molecule has 3 nitrogen and oxygen atoms in total. The fraction of sp³-hybridized carbons (Fsp3) is 0.323. The second-order valence-electron chi connectivity index (χ2n) is 10.2. The van der Waals surface area contributed by atoms with E-state index in [4.69, 9.17) is 0 Å². The van der Waals surface area contributed by atoms with Gasteiger partial charge >= 0.3 is 0 Å². The van der Waals surface area contributed by atoms with Crippen LogP contribution in [-0.4, -0.2) is 17.0 Å². The molecule has 1 aliphatic heterocycles. The van der Waals surface area contributed by atoms with Crippen molar-refractivity contribution >= 4 is 11.6 Å². The number of hydrogen-bond donors (Lipinski definition) is 1. The Hall–Kier alpha value is -3.33. The molecule has 0 bridgehead atoms. The van der Waals surface area contributed by atoms with Crippen molar-refractivity contribution in [2.45, 2.75) is 57.7 Å². The van der Waals surface area contributed by atoms with Crippen molar-refractivity contribution in [2.75, 3.05) is 0 Å². The van der Waals surface area contributed by atoms with E-state index >= 15 is 0 Å². The Morgan fingerprint density at radius 2 is 1.44 bits per heavy atom. The van der Waals surface area contributed by atoms with E-state index in [1.165, 1.54) is 41.5 Å². The zero-order chi connectivity index (χ0) is 23.0. The molecule has 3 heteroatoms. The second kappa shape index (κ2) is 8.79. The van der Waals surface area contributed by atoms with Gasteiger partial charge in [0.1, 0.15) is 6.17 Å². The molecule has 34 heavy (non-hydrogen) atoms. The zero-order valence-corrected chi connectivity index (χ0v) is 19.7. The summed E-state index contributed by atoms with van der Waals surface area (Å²) in [5, 5.41) is 3.92. The largest absolute Gasteiger partial charge is 0.364 e. The van der Waals surface area contributed by atoms with Crippen LogP contribution in [0.3, 0.4) is 0 Å². The first-order valence-corrected chi connectivity index (χ1v) is 12.7. The number of carbonyl (C=O) groups is 1. The number of nitrogens with one attached hydrogen (secondary N) is 1. The van der Waals surface area contributed by atoms with Gasteiger partial charge in [-0.25, -0.2) is 0 Å².